The topological polar surface area (TPSA) is 54.0 Å². The summed E-state index contributed by atoms with van der Waals surface area (Å²) in [6.45, 7) is 7.05. The quantitative estimate of drug-likeness (QED) is 0.705. The molecule has 1 heterocycles. The van der Waals surface area contributed by atoms with Crippen LogP contribution in [-0.4, -0.2) is 68.7 Å². The molecule has 0 aliphatic carbocycles. The maximum Gasteiger partial charge on any atom is 0.257 e. The minimum absolute atomic E-state index is 0.0127. The Morgan fingerprint density at radius 3 is 2.41 bits per heavy atom. The van der Waals surface area contributed by atoms with Gasteiger partial charge in [-0.15, -0.1) is 0 Å². The van der Waals surface area contributed by atoms with Crippen molar-refractivity contribution in [3.63, 3.8) is 0 Å². The van der Waals surface area contributed by atoms with Crippen molar-refractivity contribution in [2.45, 2.75) is 13.0 Å². The summed E-state index contributed by atoms with van der Waals surface area (Å²) in [6.07, 6.45) is 0. The number of rotatable bonds is 9. The number of carbonyl (C=O) groups is 1. The van der Waals surface area contributed by atoms with Gasteiger partial charge >= 0.3 is 0 Å². The summed E-state index contributed by atoms with van der Waals surface area (Å²) in [5.41, 5.74) is 1.32. The second kappa shape index (κ2) is 10.8. The third-order valence-electron chi connectivity index (χ3n) is 5.10. The summed E-state index contributed by atoms with van der Waals surface area (Å²) in [6, 6.07) is 18.2. The molecule has 1 aliphatic heterocycles. The van der Waals surface area contributed by atoms with E-state index in [1.807, 2.05) is 37.3 Å². The van der Waals surface area contributed by atoms with Crippen LogP contribution in [0.3, 0.4) is 0 Å². The highest BCUT2D eigenvalue weighted by Gasteiger charge is 2.26. The molecule has 29 heavy (non-hydrogen) atoms. The van der Waals surface area contributed by atoms with E-state index in [9.17, 15) is 4.79 Å². The molecular weight excluding hydrogens is 366 g/mol. The molecule has 2 aromatic rings. The number of amides is 1. The van der Waals surface area contributed by atoms with Crippen LogP contribution in [0.25, 0.3) is 0 Å². The average Bonchev–Trinajstić information content (AvgIpc) is 2.75. The zero-order valence-corrected chi connectivity index (χ0v) is 17.3. The van der Waals surface area contributed by atoms with Crippen LogP contribution in [0.2, 0.25) is 0 Å². The Morgan fingerprint density at radius 2 is 1.72 bits per heavy atom. The second-order valence-corrected chi connectivity index (χ2v) is 7.27. The van der Waals surface area contributed by atoms with Crippen molar-refractivity contribution >= 4 is 5.91 Å². The highest BCUT2D eigenvalue weighted by Crippen LogP contribution is 2.24. The molecule has 0 saturated carbocycles. The Balaban J connectivity index is 1.42. The Morgan fingerprint density at radius 1 is 1.03 bits per heavy atom. The summed E-state index contributed by atoms with van der Waals surface area (Å²) in [7, 11) is 2.16. The molecule has 1 fully saturated rings. The third-order valence-corrected chi connectivity index (χ3v) is 5.10. The molecular formula is C23H31N3O3. The largest absolute Gasteiger partial charge is 0.494 e. The van der Waals surface area contributed by atoms with Gasteiger partial charge in [-0.2, -0.15) is 0 Å². The molecule has 6 heteroatoms. The van der Waals surface area contributed by atoms with Crippen LogP contribution in [0.5, 0.6) is 11.5 Å². The number of likely N-dealkylation sites (N-methyl/N-ethyl adjacent to an activating group) is 1. The summed E-state index contributed by atoms with van der Waals surface area (Å²) in [5, 5.41) is 2.97. The first-order chi connectivity index (χ1) is 14.2. The van der Waals surface area contributed by atoms with Crippen molar-refractivity contribution in [2.24, 2.45) is 0 Å². The number of nitrogens with one attached hydrogen (secondary N) is 1. The van der Waals surface area contributed by atoms with Crippen molar-refractivity contribution in [2.75, 3.05) is 53.0 Å². The van der Waals surface area contributed by atoms with Gasteiger partial charge in [0.25, 0.3) is 5.91 Å². The van der Waals surface area contributed by atoms with E-state index in [-0.39, 0.29) is 12.5 Å². The average molecular weight is 398 g/mol. The number of ether oxygens (including phenoxy) is 2. The van der Waals surface area contributed by atoms with Crippen LogP contribution in [0, 0.1) is 0 Å². The van der Waals surface area contributed by atoms with Gasteiger partial charge < -0.3 is 19.7 Å². The lowest BCUT2D eigenvalue weighted by Crippen LogP contribution is -2.49. The first-order valence-corrected chi connectivity index (χ1v) is 10.3. The minimum Gasteiger partial charge on any atom is -0.494 e. The standard InChI is InChI=1S/C23H31N3O3/c1-3-28-20-9-11-21(12-10-20)29-18-23(27)24-13-14-26-16-15-25(2)17-22(26)19-7-5-4-6-8-19/h4-12,22H,3,13-18H2,1-2H3,(H,24,27). The fraction of sp³-hybridized carbons (Fsp3) is 0.435. The van der Waals surface area contributed by atoms with Gasteiger partial charge in [0.15, 0.2) is 6.61 Å². The van der Waals surface area contributed by atoms with Gasteiger partial charge in [-0.3, -0.25) is 9.69 Å². The Bertz CT molecular complexity index is 752. The predicted molar refractivity (Wildman–Crippen MR) is 114 cm³/mol. The van der Waals surface area contributed by atoms with Crippen molar-refractivity contribution in [3.8, 4) is 11.5 Å². The molecule has 1 N–H and O–H groups in total. The summed E-state index contributed by atoms with van der Waals surface area (Å²) < 4.78 is 11.0. The third kappa shape index (κ3) is 6.48. The van der Waals surface area contributed by atoms with Gasteiger partial charge in [0.2, 0.25) is 0 Å². The minimum atomic E-state index is -0.107. The zero-order valence-electron chi connectivity index (χ0n) is 17.3. The Kier molecular flexibility index (Phi) is 7.90. The molecule has 156 valence electrons. The number of piperazine rings is 1. The normalized spacial score (nSPS) is 17.7. The van der Waals surface area contributed by atoms with E-state index in [0.717, 1.165) is 31.9 Å². The molecule has 1 atom stereocenters. The molecule has 0 radical (unpaired) electrons. The first-order valence-electron chi connectivity index (χ1n) is 10.3. The number of benzene rings is 2. The van der Waals surface area contributed by atoms with Crippen molar-refractivity contribution in [1.82, 2.24) is 15.1 Å². The highest BCUT2D eigenvalue weighted by molar-refractivity contribution is 5.77. The van der Waals surface area contributed by atoms with E-state index < -0.39 is 0 Å². The number of hydrogen-bond acceptors (Lipinski definition) is 5. The second-order valence-electron chi connectivity index (χ2n) is 7.27. The monoisotopic (exact) mass is 397 g/mol. The maximum absolute atomic E-state index is 12.1. The number of hydrogen-bond donors (Lipinski definition) is 1. The van der Waals surface area contributed by atoms with Gasteiger partial charge in [0.05, 0.1) is 6.61 Å². The number of carbonyl (C=O) groups excluding carboxylic acids is 1. The molecule has 1 amide bonds. The molecule has 1 saturated heterocycles. The lowest BCUT2D eigenvalue weighted by Gasteiger charge is -2.40. The van der Waals surface area contributed by atoms with Gasteiger partial charge in [-0.25, -0.2) is 0 Å². The Hall–Kier alpha value is -2.57. The highest BCUT2D eigenvalue weighted by atomic mass is 16.5. The molecule has 0 aromatic heterocycles. The van der Waals surface area contributed by atoms with Gasteiger partial charge in [0.1, 0.15) is 11.5 Å². The van der Waals surface area contributed by atoms with Crippen LogP contribution < -0.4 is 14.8 Å². The van der Waals surface area contributed by atoms with E-state index in [4.69, 9.17) is 9.47 Å². The smallest absolute Gasteiger partial charge is 0.257 e. The van der Waals surface area contributed by atoms with Gasteiger partial charge in [-0.1, -0.05) is 30.3 Å². The Labute approximate surface area is 173 Å². The first kappa shape index (κ1) is 21.1. The fourth-order valence-corrected chi connectivity index (χ4v) is 3.55. The molecule has 0 bridgehead atoms. The van der Waals surface area contributed by atoms with E-state index in [0.29, 0.717) is 24.9 Å². The van der Waals surface area contributed by atoms with E-state index in [1.54, 1.807) is 0 Å². The van der Waals surface area contributed by atoms with Crippen molar-refractivity contribution in [1.29, 1.82) is 0 Å². The van der Waals surface area contributed by atoms with Crippen LogP contribution in [0.1, 0.15) is 18.5 Å². The summed E-state index contributed by atoms with van der Waals surface area (Å²) >= 11 is 0. The van der Waals surface area contributed by atoms with Crippen LogP contribution in [-0.2, 0) is 4.79 Å². The maximum atomic E-state index is 12.1. The van der Waals surface area contributed by atoms with Crippen LogP contribution >= 0.6 is 0 Å². The lowest BCUT2D eigenvalue weighted by molar-refractivity contribution is -0.123. The number of nitrogens with zero attached hydrogens (tertiary/aromatic N) is 2. The SMILES string of the molecule is CCOc1ccc(OCC(=O)NCCN2CCN(C)CC2c2ccccc2)cc1. The molecule has 0 spiro atoms. The van der Waals surface area contributed by atoms with E-state index in [1.165, 1.54) is 5.56 Å². The van der Waals surface area contributed by atoms with Crippen LogP contribution in [0.15, 0.2) is 54.6 Å². The predicted octanol–water partition coefficient (Wildman–Crippen LogP) is 2.57. The van der Waals surface area contributed by atoms with Crippen molar-refractivity contribution in [3.05, 3.63) is 60.2 Å². The molecule has 3 rings (SSSR count). The molecule has 1 unspecified atom stereocenters. The van der Waals surface area contributed by atoms with E-state index in [2.05, 4.69) is 46.4 Å². The zero-order chi connectivity index (χ0) is 20.5. The summed E-state index contributed by atoms with van der Waals surface area (Å²) in [4.78, 5) is 16.9. The molecule has 1 aliphatic rings. The van der Waals surface area contributed by atoms with Crippen molar-refractivity contribution < 1.29 is 14.3 Å². The lowest BCUT2D eigenvalue weighted by atomic mass is 10.0. The van der Waals surface area contributed by atoms with Gasteiger partial charge in [0, 0.05) is 38.8 Å². The molecule has 6 nitrogen and oxygen atoms in total. The van der Waals surface area contributed by atoms with Crippen LogP contribution in [0.4, 0.5) is 0 Å². The van der Waals surface area contributed by atoms with E-state index >= 15 is 0 Å². The fourth-order valence-electron chi connectivity index (χ4n) is 3.55. The molecule has 2 aromatic carbocycles. The van der Waals surface area contributed by atoms with Gasteiger partial charge in [-0.05, 0) is 43.8 Å². The summed E-state index contributed by atoms with van der Waals surface area (Å²) in [5.74, 6) is 1.35.